The fourth-order valence-corrected chi connectivity index (χ4v) is 4.40. The predicted octanol–water partition coefficient (Wildman–Crippen LogP) is 1.70. The van der Waals surface area contributed by atoms with Gasteiger partial charge in [0.15, 0.2) is 0 Å². The summed E-state index contributed by atoms with van der Waals surface area (Å²) in [6, 6.07) is 2.88. The third-order valence-corrected chi connectivity index (χ3v) is 5.94. The van der Waals surface area contributed by atoms with Crippen molar-refractivity contribution in [1.82, 2.24) is 5.01 Å². The molecule has 1 aliphatic rings. The summed E-state index contributed by atoms with van der Waals surface area (Å²) in [5, 5.41) is 16.2. The molecule has 1 aromatic rings. The van der Waals surface area contributed by atoms with E-state index >= 15 is 0 Å². The fraction of sp³-hybridized carbons (Fsp3) is 0.400. The molecule has 9 heteroatoms. The molecule has 0 fully saturated rings. The van der Waals surface area contributed by atoms with Crippen molar-refractivity contribution in [1.29, 1.82) is 0 Å². The van der Waals surface area contributed by atoms with Crippen molar-refractivity contribution in [3.8, 4) is 5.75 Å². The molecule has 24 heavy (non-hydrogen) atoms. The van der Waals surface area contributed by atoms with E-state index in [9.17, 15) is 9.90 Å². The quantitative estimate of drug-likeness (QED) is 0.799. The molecule has 0 saturated heterocycles. The standard InChI is InChI=1S/C15H17Cl3N2O3S/c1-7(15(21)22)23-11-5-8(9(16)6-10(11)17)13-12(18)14(24-4)20(3)19(13)2/h5-7,13H,1-4H3,(H,21,22). The molecule has 0 bridgehead atoms. The maximum absolute atomic E-state index is 10.9. The summed E-state index contributed by atoms with van der Waals surface area (Å²) in [5.74, 6) is -1.10. The number of hydrogen-bond acceptors (Lipinski definition) is 5. The number of nitrogens with one attached hydrogen (secondary N) is 1. The third-order valence-electron chi connectivity index (χ3n) is 3.89. The van der Waals surface area contributed by atoms with Gasteiger partial charge in [0.25, 0.3) is 0 Å². The van der Waals surface area contributed by atoms with Crippen LogP contribution in [0.3, 0.4) is 0 Å². The zero-order chi connectivity index (χ0) is 18.2. The maximum atomic E-state index is 10.9. The average Bonchev–Trinajstić information content (AvgIpc) is 2.72. The Morgan fingerprint density at radius 2 is 2.00 bits per heavy atom. The van der Waals surface area contributed by atoms with Crippen LogP contribution >= 0.6 is 46.6 Å². The van der Waals surface area contributed by atoms with Crippen molar-refractivity contribution < 1.29 is 19.6 Å². The van der Waals surface area contributed by atoms with Crippen molar-refractivity contribution in [3.63, 3.8) is 0 Å². The van der Waals surface area contributed by atoms with E-state index in [1.165, 1.54) is 13.0 Å². The van der Waals surface area contributed by atoms with Gasteiger partial charge < -0.3 is 14.6 Å². The molecular weight excluding hydrogens is 395 g/mol. The number of likely N-dealkylation sites (N-methyl/N-ethyl adjacent to an activating group) is 1. The number of hydrogen-bond donors (Lipinski definition) is 1. The first-order valence-electron chi connectivity index (χ1n) is 7.05. The highest BCUT2D eigenvalue weighted by atomic mass is 35.5. The molecule has 1 aromatic carbocycles. The minimum absolute atomic E-state index is 0.223. The largest absolute Gasteiger partial charge is 0.546 e. The number of aliphatic carboxylic acids is 1. The lowest BCUT2D eigenvalue weighted by molar-refractivity contribution is -0.951. The minimum Gasteiger partial charge on any atom is -0.546 e. The molecule has 2 rings (SSSR count). The fourth-order valence-electron chi connectivity index (χ4n) is 2.49. The number of nitrogens with zero attached hydrogens (tertiary/aromatic N) is 1. The number of carbonyl (C=O) groups is 1. The zero-order valence-electron chi connectivity index (χ0n) is 13.5. The molecule has 1 heterocycles. The number of benzene rings is 1. The highest BCUT2D eigenvalue weighted by Crippen LogP contribution is 2.42. The van der Waals surface area contributed by atoms with Gasteiger partial charge in [0, 0.05) is 17.6 Å². The number of carboxylic acid groups (broad SMARTS) is 1. The number of thioether (sulfide) groups is 1. The maximum Gasteiger partial charge on any atom is 0.201 e. The second kappa shape index (κ2) is 7.72. The van der Waals surface area contributed by atoms with Crippen LogP contribution in [0, 0.1) is 0 Å². The van der Waals surface area contributed by atoms with Gasteiger partial charge in [-0.3, -0.25) is 0 Å². The van der Waals surface area contributed by atoms with Crippen LogP contribution in [0.4, 0.5) is 0 Å². The van der Waals surface area contributed by atoms with Crippen molar-refractivity contribution >= 4 is 52.5 Å². The zero-order valence-corrected chi connectivity index (χ0v) is 16.6. The van der Waals surface area contributed by atoms with Crippen molar-refractivity contribution in [3.05, 3.63) is 37.8 Å². The van der Waals surface area contributed by atoms with Crippen molar-refractivity contribution in [2.24, 2.45) is 0 Å². The summed E-state index contributed by atoms with van der Waals surface area (Å²) in [6.45, 7) is 1.37. The van der Waals surface area contributed by atoms with Crippen molar-refractivity contribution in [2.45, 2.75) is 19.1 Å². The summed E-state index contributed by atoms with van der Waals surface area (Å²) < 4.78 is 5.37. The molecule has 0 radical (unpaired) electrons. The van der Waals surface area contributed by atoms with Crippen LogP contribution in [-0.4, -0.2) is 37.4 Å². The van der Waals surface area contributed by atoms with Crippen LogP contribution in [0.1, 0.15) is 18.5 Å². The van der Waals surface area contributed by atoms with Gasteiger partial charge in [-0.1, -0.05) is 46.6 Å². The summed E-state index contributed by atoms with van der Waals surface area (Å²) in [5.41, 5.74) is 0.692. The summed E-state index contributed by atoms with van der Waals surface area (Å²) >= 11 is 20.6. The Balaban J connectivity index is 2.47. The highest BCUT2D eigenvalue weighted by molar-refractivity contribution is 8.02. The van der Waals surface area contributed by atoms with Gasteiger partial charge in [0.05, 0.1) is 18.0 Å². The number of quaternary nitrogens is 1. The Morgan fingerprint density at radius 3 is 2.50 bits per heavy atom. The van der Waals surface area contributed by atoms with Crippen LogP contribution in [0.15, 0.2) is 22.2 Å². The van der Waals surface area contributed by atoms with Gasteiger partial charge in [-0.05, 0) is 25.3 Å². The van der Waals surface area contributed by atoms with Crippen LogP contribution < -0.4 is 14.9 Å². The molecule has 0 saturated carbocycles. The Labute approximate surface area is 160 Å². The summed E-state index contributed by atoms with van der Waals surface area (Å²) in [6.07, 6.45) is 0.815. The van der Waals surface area contributed by atoms with Crippen LogP contribution in [0.25, 0.3) is 0 Å². The number of ether oxygens (including phenoxy) is 1. The van der Waals surface area contributed by atoms with E-state index in [1.807, 2.05) is 25.4 Å². The molecule has 0 spiro atoms. The molecule has 132 valence electrons. The van der Waals surface area contributed by atoms with E-state index in [1.54, 1.807) is 17.8 Å². The van der Waals surface area contributed by atoms with Gasteiger partial charge in [-0.2, -0.15) is 0 Å². The van der Waals surface area contributed by atoms with Crippen LogP contribution in [0.5, 0.6) is 5.75 Å². The van der Waals surface area contributed by atoms with E-state index in [4.69, 9.17) is 39.5 Å². The third kappa shape index (κ3) is 3.64. The van der Waals surface area contributed by atoms with Crippen molar-refractivity contribution in [2.75, 3.05) is 20.4 Å². The molecule has 1 N–H and O–H groups in total. The Morgan fingerprint density at radius 1 is 1.38 bits per heavy atom. The second-order valence-electron chi connectivity index (χ2n) is 5.36. The normalized spacial score (nSPS) is 22.8. The topological polar surface area (TPSA) is 57.0 Å². The SMILES string of the molecule is CSC1=C(Cl)C(c2cc(OC(C)C(=O)[O-])c(Cl)cc2Cl)N(C)[NH+]1C. The molecule has 0 amide bonds. The summed E-state index contributed by atoms with van der Waals surface area (Å²) in [4.78, 5) is 10.9. The van der Waals surface area contributed by atoms with Crippen LogP contribution in [-0.2, 0) is 4.79 Å². The van der Waals surface area contributed by atoms with Gasteiger partial charge >= 0.3 is 0 Å². The van der Waals surface area contributed by atoms with Gasteiger partial charge in [0.1, 0.15) is 22.9 Å². The predicted molar refractivity (Wildman–Crippen MR) is 95.3 cm³/mol. The molecule has 1 aliphatic heterocycles. The first-order valence-corrected chi connectivity index (χ1v) is 9.41. The lowest BCUT2D eigenvalue weighted by Gasteiger charge is -2.24. The monoisotopic (exact) mass is 410 g/mol. The Kier molecular flexibility index (Phi) is 6.34. The van der Waals surface area contributed by atoms with E-state index in [2.05, 4.69) is 0 Å². The van der Waals surface area contributed by atoms with E-state index in [-0.39, 0.29) is 16.8 Å². The number of carbonyl (C=O) groups excluding carboxylic acids is 1. The number of halogens is 3. The lowest BCUT2D eigenvalue weighted by atomic mass is 10.1. The van der Waals surface area contributed by atoms with E-state index < -0.39 is 12.1 Å². The Bertz CT molecular complexity index is 699. The van der Waals surface area contributed by atoms with Crippen LogP contribution in [0.2, 0.25) is 10.0 Å². The Hall–Kier alpha value is -0.630. The molecule has 0 aliphatic carbocycles. The van der Waals surface area contributed by atoms with E-state index in [0.717, 1.165) is 10.0 Å². The molecular formula is C15H17Cl3N2O3S. The van der Waals surface area contributed by atoms with E-state index in [0.29, 0.717) is 15.6 Å². The second-order valence-corrected chi connectivity index (χ2v) is 7.40. The first kappa shape index (κ1) is 19.7. The van der Waals surface area contributed by atoms with Gasteiger partial charge in [-0.15, -0.1) is 5.01 Å². The molecule has 3 unspecified atom stereocenters. The highest BCUT2D eigenvalue weighted by Gasteiger charge is 2.41. The molecule has 5 nitrogen and oxygen atoms in total. The number of carboxylic acids is 1. The molecule has 0 aromatic heterocycles. The van der Waals surface area contributed by atoms with Gasteiger partial charge in [-0.25, -0.2) is 5.01 Å². The van der Waals surface area contributed by atoms with Gasteiger partial charge in [0.2, 0.25) is 5.03 Å². The number of rotatable bonds is 5. The summed E-state index contributed by atoms with van der Waals surface area (Å²) in [7, 11) is 3.90. The lowest BCUT2D eigenvalue weighted by Crippen LogP contribution is -3.11. The smallest absolute Gasteiger partial charge is 0.201 e. The molecule has 3 atom stereocenters. The minimum atomic E-state index is -1.33. The first-order chi connectivity index (χ1) is 11.2. The average molecular weight is 412 g/mol.